The van der Waals surface area contributed by atoms with Gasteiger partial charge < -0.3 is 5.11 Å². The molecule has 1 aliphatic heterocycles. The van der Waals surface area contributed by atoms with Crippen LogP contribution in [0, 0.1) is 6.92 Å². The van der Waals surface area contributed by atoms with Crippen LogP contribution in [-0.4, -0.2) is 22.2 Å². The quantitative estimate of drug-likeness (QED) is 0.805. The Morgan fingerprint density at radius 2 is 2.21 bits per heavy atom. The van der Waals surface area contributed by atoms with Crippen LogP contribution in [0.4, 0.5) is 0 Å². The topological polar surface area (TPSA) is 20.2 Å². The van der Waals surface area contributed by atoms with E-state index in [0.717, 1.165) is 24.3 Å². The van der Waals surface area contributed by atoms with Crippen LogP contribution < -0.4 is 0 Å². The van der Waals surface area contributed by atoms with Gasteiger partial charge in [0.1, 0.15) is 0 Å². The Hall–Kier alpha value is -0.470. The highest BCUT2D eigenvalue weighted by molar-refractivity contribution is 7.99. The van der Waals surface area contributed by atoms with E-state index < -0.39 is 5.60 Å². The van der Waals surface area contributed by atoms with Crippen LogP contribution in [0.1, 0.15) is 17.5 Å². The van der Waals surface area contributed by atoms with Crippen LogP contribution in [-0.2, 0) is 6.42 Å². The Balaban J connectivity index is 2.14. The zero-order valence-electron chi connectivity index (χ0n) is 8.49. The Bertz CT molecular complexity index is 316. The van der Waals surface area contributed by atoms with Crippen LogP contribution in [0.3, 0.4) is 0 Å². The van der Waals surface area contributed by atoms with Crippen molar-refractivity contribution in [3.8, 4) is 0 Å². The molecule has 0 aliphatic carbocycles. The molecular weight excluding hydrogens is 192 g/mol. The summed E-state index contributed by atoms with van der Waals surface area (Å²) in [5.74, 6) is 1.99. The Labute approximate surface area is 89.5 Å². The summed E-state index contributed by atoms with van der Waals surface area (Å²) in [5, 5.41) is 10.2. The predicted octanol–water partition coefficient (Wildman–Crippen LogP) is 2.41. The average Bonchev–Trinajstić information content (AvgIpc) is 2.57. The lowest BCUT2D eigenvalue weighted by Gasteiger charge is -2.22. The molecule has 1 aromatic rings. The summed E-state index contributed by atoms with van der Waals surface area (Å²) in [6, 6.07) is 8.33. The van der Waals surface area contributed by atoms with Crippen LogP contribution in [0.5, 0.6) is 0 Å². The van der Waals surface area contributed by atoms with E-state index in [2.05, 4.69) is 19.1 Å². The molecule has 1 N–H and O–H groups in total. The number of benzene rings is 1. The van der Waals surface area contributed by atoms with Crippen molar-refractivity contribution in [3.63, 3.8) is 0 Å². The van der Waals surface area contributed by atoms with Crippen molar-refractivity contribution < 1.29 is 5.11 Å². The molecular formula is C12H16OS. The van der Waals surface area contributed by atoms with Crippen molar-refractivity contribution in [1.82, 2.24) is 0 Å². The number of thioether (sulfide) groups is 1. The van der Waals surface area contributed by atoms with E-state index in [1.165, 1.54) is 11.1 Å². The molecule has 14 heavy (non-hydrogen) atoms. The van der Waals surface area contributed by atoms with Gasteiger partial charge in [0.15, 0.2) is 0 Å². The minimum Gasteiger partial charge on any atom is -0.389 e. The third-order valence-corrected chi connectivity index (χ3v) is 4.10. The normalized spacial score (nSPS) is 26.7. The number of rotatable bonds is 2. The summed E-state index contributed by atoms with van der Waals surface area (Å²) in [6.45, 7) is 2.11. The maximum absolute atomic E-state index is 10.2. The Kier molecular flexibility index (Phi) is 2.84. The van der Waals surface area contributed by atoms with Gasteiger partial charge in [0.05, 0.1) is 5.60 Å². The molecule has 1 atom stereocenters. The fraction of sp³-hybridized carbons (Fsp3) is 0.500. The highest BCUT2D eigenvalue weighted by Gasteiger charge is 2.31. The SMILES string of the molecule is Cc1ccccc1CC1(O)CCSC1. The van der Waals surface area contributed by atoms with E-state index in [1.54, 1.807) is 0 Å². The number of hydrogen-bond acceptors (Lipinski definition) is 2. The summed E-state index contributed by atoms with van der Waals surface area (Å²) in [4.78, 5) is 0. The minimum atomic E-state index is -0.448. The van der Waals surface area contributed by atoms with E-state index in [9.17, 15) is 5.11 Å². The van der Waals surface area contributed by atoms with Gasteiger partial charge in [0.25, 0.3) is 0 Å². The van der Waals surface area contributed by atoms with E-state index in [-0.39, 0.29) is 0 Å². The lowest BCUT2D eigenvalue weighted by Crippen LogP contribution is -2.31. The van der Waals surface area contributed by atoms with Gasteiger partial charge in [-0.05, 0) is 30.2 Å². The molecule has 2 heteroatoms. The van der Waals surface area contributed by atoms with Crippen molar-refractivity contribution >= 4 is 11.8 Å². The monoisotopic (exact) mass is 208 g/mol. The summed E-state index contributed by atoms with van der Waals surface area (Å²) in [5.41, 5.74) is 2.13. The van der Waals surface area contributed by atoms with E-state index in [1.807, 2.05) is 23.9 Å². The van der Waals surface area contributed by atoms with E-state index in [0.29, 0.717) is 0 Å². The van der Waals surface area contributed by atoms with Crippen LogP contribution >= 0.6 is 11.8 Å². The maximum atomic E-state index is 10.2. The molecule has 76 valence electrons. The molecule has 0 amide bonds. The van der Waals surface area contributed by atoms with Crippen molar-refractivity contribution in [2.45, 2.75) is 25.4 Å². The fourth-order valence-corrected chi connectivity index (χ4v) is 3.19. The van der Waals surface area contributed by atoms with E-state index in [4.69, 9.17) is 0 Å². The lowest BCUT2D eigenvalue weighted by molar-refractivity contribution is 0.0685. The molecule has 0 bridgehead atoms. The lowest BCUT2D eigenvalue weighted by atomic mass is 9.92. The average molecular weight is 208 g/mol. The van der Waals surface area contributed by atoms with Crippen molar-refractivity contribution in [2.24, 2.45) is 0 Å². The van der Waals surface area contributed by atoms with Gasteiger partial charge in [-0.25, -0.2) is 0 Å². The van der Waals surface area contributed by atoms with Gasteiger partial charge in [-0.3, -0.25) is 0 Å². The first kappa shape index (κ1) is 10.1. The largest absolute Gasteiger partial charge is 0.389 e. The van der Waals surface area contributed by atoms with Gasteiger partial charge in [0.2, 0.25) is 0 Å². The Morgan fingerprint density at radius 1 is 1.43 bits per heavy atom. The molecule has 1 aliphatic rings. The van der Waals surface area contributed by atoms with Crippen LogP contribution in [0.25, 0.3) is 0 Å². The first-order valence-electron chi connectivity index (χ1n) is 5.04. The molecule has 0 radical (unpaired) electrons. The van der Waals surface area contributed by atoms with Gasteiger partial charge >= 0.3 is 0 Å². The smallest absolute Gasteiger partial charge is 0.0785 e. The molecule has 1 fully saturated rings. The van der Waals surface area contributed by atoms with Gasteiger partial charge in [-0.2, -0.15) is 11.8 Å². The molecule has 1 saturated heterocycles. The summed E-state index contributed by atoms with van der Waals surface area (Å²) < 4.78 is 0. The fourth-order valence-electron chi connectivity index (χ4n) is 1.90. The maximum Gasteiger partial charge on any atom is 0.0785 e. The van der Waals surface area contributed by atoms with Crippen molar-refractivity contribution in [3.05, 3.63) is 35.4 Å². The first-order chi connectivity index (χ1) is 6.70. The van der Waals surface area contributed by atoms with Gasteiger partial charge in [0, 0.05) is 12.2 Å². The third kappa shape index (κ3) is 2.12. The summed E-state index contributed by atoms with van der Waals surface area (Å²) >= 11 is 1.86. The second kappa shape index (κ2) is 3.95. The number of aliphatic hydroxyl groups is 1. The summed E-state index contributed by atoms with van der Waals surface area (Å²) in [6.07, 6.45) is 1.75. The summed E-state index contributed by atoms with van der Waals surface area (Å²) in [7, 11) is 0. The zero-order valence-corrected chi connectivity index (χ0v) is 9.31. The molecule has 0 saturated carbocycles. The van der Waals surface area contributed by atoms with E-state index >= 15 is 0 Å². The van der Waals surface area contributed by atoms with Crippen molar-refractivity contribution in [2.75, 3.05) is 11.5 Å². The highest BCUT2D eigenvalue weighted by Crippen LogP contribution is 2.31. The Morgan fingerprint density at radius 3 is 2.86 bits per heavy atom. The van der Waals surface area contributed by atoms with Crippen LogP contribution in [0.2, 0.25) is 0 Å². The second-order valence-electron chi connectivity index (χ2n) is 4.13. The molecule has 0 spiro atoms. The van der Waals surface area contributed by atoms with Crippen LogP contribution in [0.15, 0.2) is 24.3 Å². The molecule has 0 aromatic heterocycles. The molecule has 1 heterocycles. The van der Waals surface area contributed by atoms with Gasteiger partial charge in [-0.15, -0.1) is 0 Å². The number of aryl methyl sites for hydroxylation is 1. The van der Waals surface area contributed by atoms with Crippen molar-refractivity contribution in [1.29, 1.82) is 0 Å². The number of hydrogen-bond donors (Lipinski definition) is 1. The highest BCUT2D eigenvalue weighted by atomic mass is 32.2. The first-order valence-corrected chi connectivity index (χ1v) is 6.20. The third-order valence-electron chi connectivity index (χ3n) is 2.86. The zero-order chi connectivity index (χ0) is 10.0. The van der Waals surface area contributed by atoms with Gasteiger partial charge in [-0.1, -0.05) is 24.3 Å². The molecule has 1 unspecified atom stereocenters. The minimum absolute atomic E-state index is 0.448. The predicted molar refractivity (Wildman–Crippen MR) is 61.8 cm³/mol. The molecule has 1 nitrogen and oxygen atoms in total. The standard InChI is InChI=1S/C12H16OS/c1-10-4-2-3-5-11(10)8-12(13)6-7-14-9-12/h2-5,13H,6-9H2,1H3. The second-order valence-corrected chi connectivity index (χ2v) is 5.24. The molecule has 1 aromatic carbocycles. The molecule has 2 rings (SSSR count).